The quantitative estimate of drug-likeness (QED) is 0.704. The van der Waals surface area contributed by atoms with Gasteiger partial charge < -0.3 is 4.74 Å². The van der Waals surface area contributed by atoms with Gasteiger partial charge in [0.1, 0.15) is 5.60 Å². The van der Waals surface area contributed by atoms with E-state index in [0.29, 0.717) is 12.4 Å². The molecule has 2 aliphatic rings. The summed E-state index contributed by atoms with van der Waals surface area (Å²) in [6, 6.07) is 0. The van der Waals surface area contributed by atoms with Crippen molar-refractivity contribution in [1.82, 2.24) is 0 Å². The molecule has 2 aliphatic carbocycles. The number of rotatable bonds is 6. The maximum Gasteiger partial charge on any atom is 0.164 e. The number of hydrogen-bond acceptors (Lipinski definition) is 2. The summed E-state index contributed by atoms with van der Waals surface area (Å²) in [7, 11) is 0. The van der Waals surface area contributed by atoms with Crippen LogP contribution in [-0.4, -0.2) is 18.0 Å². The first-order valence-corrected chi connectivity index (χ1v) is 7.33. The lowest BCUT2D eigenvalue weighted by Gasteiger charge is -2.38. The van der Waals surface area contributed by atoms with Gasteiger partial charge in [0, 0.05) is 13.0 Å². The maximum absolute atomic E-state index is 12.4. The SMILES string of the molecule is CCOC1(C(=O)CCC2CC2)CCC(C)CC1. The maximum atomic E-state index is 12.4. The molecule has 2 nitrogen and oxygen atoms in total. The Labute approximate surface area is 105 Å². The molecule has 2 rings (SSSR count). The molecule has 0 aromatic carbocycles. The van der Waals surface area contributed by atoms with E-state index in [9.17, 15) is 4.79 Å². The van der Waals surface area contributed by atoms with Crippen molar-refractivity contribution in [1.29, 1.82) is 0 Å². The van der Waals surface area contributed by atoms with Crippen molar-refractivity contribution in [3.05, 3.63) is 0 Å². The highest BCUT2D eigenvalue weighted by Gasteiger charge is 2.41. The first-order valence-electron chi connectivity index (χ1n) is 7.33. The number of Topliss-reactive ketones (excluding diaryl/α,β-unsaturated/α-hetero) is 1. The fourth-order valence-corrected chi connectivity index (χ4v) is 2.98. The Kier molecular flexibility index (Phi) is 4.24. The Balaban J connectivity index is 1.91. The predicted octanol–water partition coefficient (Wildman–Crippen LogP) is 3.73. The van der Waals surface area contributed by atoms with Gasteiger partial charge in [-0.2, -0.15) is 0 Å². The molecule has 0 N–H and O–H groups in total. The Morgan fingerprint density at radius 3 is 2.41 bits per heavy atom. The Morgan fingerprint density at radius 1 is 1.24 bits per heavy atom. The largest absolute Gasteiger partial charge is 0.368 e. The number of carbonyl (C=O) groups is 1. The third-order valence-corrected chi connectivity index (χ3v) is 4.49. The van der Waals surface area contributed by atoms with E-state index in [2.05, 4.69) is 6.92 Å². The second-order valence-electron chi connectivity index (χ2n) is 6.02. The fraction of sp³-hybridized carbons (Fsp3) is 0.933. The van der Waals surface area contributed by atoms with Crippen LogP contribution in [0.4, 0.5) is 0 Å². The van der Waals surface area contributed by atoms with E-state index in [1.54, 1.807) is 0 Å². The van der Waals surface area contributed by atoms with Gasteiger partial charge in [-0.15, -0.1) is 0 Å². The van der Waals surface area contributed by atoms with Gasteiger partial charge in [-0.25, -0.2) is 0 Å². The van der Waals surface area contributed by atoms with Crippen LogP contribution < -0.4 is 0 Å². The second-order valence-corrected chi connectivity index (χ2v) is 6.02. The lowest BCUT2D eigenvalue weighted by Crippen LogP contribution is -2.44. The average Bonchev–Trinajstić information content (AvgIpc) is 3.13. The molecule has 0 aliphatic heterocycles. The highest BCUT2D eigenvalue weighted by Crippen LogP contribution is 2.39. The van der Waals surface area contributed by atoms with Crippen LogP contribution in [0.5, 0.6) is 0 Å². The van der Waals surface area contributed by atoms with Gasteiger partial charge in [0.25, 0.3) is 0 Å². The normalized spacial score (nSPS) is 33.6. The van der Waals surface area contributed by atoms with Gasteiger partial charge in [0.15, 0.2) is 5.78 Å². The van der Waals surface area contributed by atoms with E-state index < -0.39 is 5.60 Å². The van der Waals surface area contributed by atoms with Gasteiger partial charge in [-0.1, -0.05) is 19.8 Å². The average molecular weight is 238 g/mol. The molecule has 0 atom stereocenters. The van der Waals surface area contributed by atoms with Gasteiger partial charge in [0.05, 0.1) is 0 Å². The summed E-state index contributed by atoms with van der Waals surface area (Å²) in [5.41, 5.74) is -0.407. The highest BCUT2D eigenvalue weighted by molar-refractivity contribution is 5.87. The van der Waals surface area contributed by atoms with Crippen molar-refractivity contribution in [2.75, 3.05) is 6.61 Å². The van der Waals surface area contributed by atoms with E-state index in [1.165, 1.54) is 12.8 Å². The topological polar surface area (TPSA) is 26.3 Å². The third-order valence-electron chi connectivity index (χ3n) is 4.49. The smallest absolute Gasteiger partial charge is 0.164 e. The van der Waals surface area contributed by atoms with E-state index in [-0.39, 0.29) is 0 Å². The molecule has 0 spiro atoms. The van der Waals surface area contributed by atoms with Crippen LogP contribution in [0.15, 0.2) is 0 Å². The standard InChI is InChI=1S/C15H26O2/c1-3-17-15(10-8-12(2)9-11-15)14(16)7-6-13-4-5-13/h12-13H,3-11H2,1-2H3. The van der Waals surface area contributed by atoms with Crippen molar-refractivity contribution in [2.24, 2.45) is 11.8 Å². The first kappa shape index (κ1) is 13.1. The second kappa shape index (κ2) is 5.51. The summed E-state index contributed by atoms with van der Waals surface area (Å²) in [6.07, 6.45) is 8.72. The molecular formula is C15H26O2. The van der Waals surface area contributed by atoms with Gasteiger partial charge >= 0.3 is 0 Å². The van der Waals surface area contributed by atoms with E-state index in [1.807, 2.05) is 6.92 Å². The monoisotopic (exact) mass is 238 g/mol. The van der Waals surface area contributed by atoms with Crippen LogP contribution in [0.3, 0.4) is 0 Å². The first-order chi connectivity index (χ1) is 8.16. The van der Waals surface area contributed by atoms with Gasteiger partial charge in [-0.3, -0.25) is 4.79 Å². The Bertz CT molecular complexity index is 260. The van der Waals surface area contributed by atoms with Crippen molar-refractivity contribution >= 4 is 5.78 Å². The Hall–Kier alpha value is -0.370. The molecule has 2 saturated carbocycles. The molecule has 2 heteroatoms. The van der Waals surface area contributed by atoms with Crippen LogP contribution in [0, 0.1) is 11.8 Å². The molecule has 0 saturated heterocycles. The van der Waals surface area contributed by atoms with E-state index in [4.69, 9.17) is 4.74 Å². The molecule has 0 heterocycles. The van der Waals surface area contributed by atoms with E-state index in [0.717, 1.165) is 50.4 Å². The molecule has 17 heavy (non-hydrogen) atoms. The minimum absolute atomic E-state index is 0.387. The summed E-state index contributed by atoms with van der Waals surface area (Å²) in [4.78, 5) is 12.4. The Morgan fingerprint density at radius 2 is 1.88 bits per heavy atom. The highest BCUT2D eigenvalue weighted by atomic mass is 16.5. The molecule has 0 unspecified atom stereocenters. The molecule has 0 aromatic heterocycles. The van der Waals surface area contributed by atoms with Crippen LogP contribution >= 0.6 is 0 Å². The summed E-state index contributed by atoms with van der Waals surface area (Å²) < 4.78 is 5.88. The molecular weight excluding hydrogens is 212 g/mol. The summed E-state index contributed by atoms with van der Waals surface area (Å²) in [5.74, 6) is 2.00. The molecule has 0 aromatic rings. The number of ether oxygens (including phenoxy) is 1. The minimum Gasteiger partial charge on any atom is -0.368 e. The van der Waals surface area contributed by atoms with Crippen molar-refractivity contribution in [2.45, 2.75) is 70.8 Å². The van der Waals surface area contributed by atoms with E-state index >= 15 is 0 Å². The zero-order chi connectivity index (χ0) is 12.3. The molecule has 0 amide bonds. The lowest BCUT2D eigenvalue weighted by molar-refractivity contribution is -0.150. The van der Waals surface area contributed by atoms with Crippen LogP contribution in [0.25, 0.3) is 0 Å². The number of ketones is 1. The van der Waals surface area contributed by atoms with Gasteiger partial charge in [-0.05, 0) is 50.9 Å². The van der Waals surface area contributed by atoms with Crippen LogP contribution in [0.1, 0.15) is 65.2 Å². The number of carbonyl (C=O) groups excluding carboxylic acids is 1. The van der Waals surface area contributed by atoms with Crippen molar-refractivity contribution in [3.63, 3.8) is 0 Å². The lowest BCUT2D eigenvalue weighted by atomic mass is 9.76. The van der Waals surface area contributed by atoms with Crippen molar-refractivity contribution < 1.29 is 9.53 Å². The minimum atomic E-state index is -0.407. The molecule has 0 radical (unpaired) electrons. The van der Waals surface area contributed by atoms with Gasteiger partial charge in [0.2, 0.25) is 0 Å². The molecule has 0 bridgehead atoms. The zero-order valence-corrected chi connectivity index (χ0v) is 11.3. The predicted molar refractivity (Wildman–Crippen MR) is 69.0 cm³/mol. The summed E-state index contributed by atoms with van der Waals surface area (Å²) >= 11 is 0. The summed E-state index contributed by atoms with van der Waals surface area (Å²) in [6.45, 7) is 4.96. The van der Waals surface area contributed by atoms with Crippen LogP contribution in [0.2, 0.25) is 0 Å². The van der Waals surface area contributed by atoms with Crippen LogP contribution in [-0.2, 0) is 9.53 Å². The fourth-order valence-electron chi connectivity index (χ4n) is 2.98. The zero-order valence-electron chi connectivity index (χ0n) is 11.3. The molecule has 98 valence electrons. The number of hydrogen-bond donors (Lipinski definition) is 0. The molecule has 2 fully saturated rings. The summed E-state index contributed by atoms with van der Waals surface area (Å²) in [5, 5.41) is 0. The van der Waals surface area contributed by atoms with Crippen molar-refractivity contribution in [3.8, 4) is 0 Å². The third kappa shape index (κ3) is 3.31.